The third-order valence-electron chi connectivity index (χ3n) is 0.149. The normalized spacial score (nSPS) is 13.7. The largest absolute Gasteiger partial charge is 0.298 e. The second kappa shape index (κ2) is 1.84. The summed E-state index contributed by atoms with van der Waals surface area (Å²) in [6.45, 7) is 0. The van der Waals surface area contributed by atoms with Gasteiger partial charge in [0.15, 0.2) is 0 Å². The number of rotatable bonds is 1. The molecule has 0 fully saturated rings. The Hall–Kier alpha value is 0.300. The van der Waals surface area contributed by atoms with Crippen molar-refractivity contribution in [3.8, 4) is 0 Å². The Bertz CT molecular complexity index is 113. The van der Waals surface area contributed by atoms with Crippen LogP contribution in [0.15, 0.2) is 0 Å². The Kier molecular flexibility index (Phi) is 1.93. The Morgan fingerprint density at radius 1 is 1.67 bits per heavy atom. The highest BCUT2D eigenvalue weighted by atomic mass is 32.8. The molecule has 6 heavy (non-hydrogen) atoms. The lowest BCUT2D eigenvalue weighted by molar-refractivity contribution is 0.502. The molecule has 0 spiro atoms. The van der Waals surface area contributed by atoms with Gasteiger partial charge >= 0.3 is 0 Å². The molecule has 0 aromatic rings. The number of nitrogens with two attached hydrogens (primary N) is 1. The van der Waals surface area contributed by atoms with E-state index in [1.54, 1.807) is 0 Å². The third kappa shape index (κ3) is 4.30. The first-order chi connectivity index (χ1) is 2.56. The summed E-state index contributed by atoms with van der Waals surface area (Å²) in [5.74, 6) is 0. The maximum Gasteiger partial charge on any atom is 0.292 e. The van der Waals surface area contributed by atoms with Gasteiger partial charge in [-0.3, -0.25) is 10.1 Å². The predicted octanol–water partition coefficient (Wildman–Crippen LogP) is -0.659. The first-order valence-corrected chi connectivity index (χ1v) is 4.25. The van der Waals surface area contributed by atoms with Gasteiger partial charge in [0.05, 0.1) is 0 Å². The summed E-state index contributed by atoms with van der Waals surface area (Å²) in [6, 6.07) is 0. The molecule has 0 aliphatic rings. The van der Waals surface area contributed by atoms with Crippen molar-refractivity contribution in [1.82, 2.24) is 0 Å². The SMILES string of the molecule is NPS(=O)(=O)O. The summed E-state index contributed by atoms with van der Waals surface area (Å²) in [7, 11) is -4.76. The zero-order chi connectivity index (χ0) is 5.21. The van der Waals surface area contributed by atoms with Crippen molar-refractivity contribution in [3.05, 3.63) is 0 Å². The van der Waals surface area contributed by atoms with E-state index in [9.17, 15) is 8.42 Å². The van der Waals surface area contributed by atoms with Crippen LogP contribution in [0, 0.1) is 0 Å². The monoisotopic (exact) mass is 129 g/mol. The molecule has 1 atom stereocenters. The van der Waals surface area contributed by atoms with E-state index in [-0.39, 0.29) is 0 Å². The van der Waals surface area contributed by atoms with Crippen molar-refractivity contribution < 1.29 is 13.0 Å². The molecule has 3 N–H and O–H groups in total. The van der Waals surface area contributed by atoms with Crippen molar-refractivity contribution in [2.45, 2.75) is 0 Å². The fourth-order valence-electron chi connectivity index (χ4n) is 0. The zero-order valence-electron chi connectivity index (χ0n) is 2.75. The summed E-state index contributed by atoms with van der Waals surface area (Å²) in [6.07, 6.45) is 0. The molecular formula is H4NO3PS. The minimum absolute atomic E-state index is 0.905. The van der Waals surface area contributed by atoms with E-state index in [1.807, 2.05) is 0 Å². The van der Waals surface area contributed by atoms with Gasteiger partial charge in [0.1, 0.15) is 7.93 Å². The van der Waals surface area contributed by atoms with Crippen molar-refractivity contribution in [2.75, 3.05) is 0 Å². The van der Waals surface area contributed by atoms with Gasteiger partial charge in [0.2, 0.25) is 0 Å². The maximum absolute atomic E-state index is 9.44. The average molecular weight is 129 g/mol. The summed E-state index contributed by atoms with van der Waals surface area (Å²) in [5.41, 5.74) is 4.50. The molecule has 0 aromatic heterocycles. The van der Waals surface area contributed by atoms with Gasteiger partial charge < -0.3 is 0 Å². The molecule has 0 saturated heterocycles. The second-order valence-electron chi connectivity index (χ2n) is 0.593. The maximum atomic E-state index is 9.44. The summed E-state index contributed by atoms with van der Waals surface area (Å²) in [4.78, 5) is 0. The van der Waals surface area contributed by atoms with E-state index >= 15 is 0 Å². The lowest BCUT2D eigenvalue weighted by atomic mass is 13.9. The van der Waals surface area contributed by atoms with Crippen LogP contribution in [0.3, 0.4) is 0 Å². The van der Waals surface area contributed by atoms with Crippen LogP contribution in [-0.4, -0.2) is 13.0 Å². The molecule has 0 rings (SSSR count). The van der Waals surface area contributed by atoms with Crippen LogP contribution in [0.5, 0.6) is 0 Å². The standard InChI is InChI=1S/H4NO3PS/c1-5-6(2,3)4/h5H,1H2,(H,2,3,4). The molecule has 0 bridgehead atoms. The highest BCUT2D eigenvalue weighted by Crippen LogP contribution is 2.04. The molecule has 0 aromatic carbocycles. The molecule has 0 heterocycles. The molecule has 0 aliphatic carbocycles. The van der Waals surface area contributed by atoms with Crippen LogP contribution >= 0.6 is 7.93 Å². The first-order valence-electron chi connectivity index (χ1n) is 1.01. The fraction of sp³-hybridized carbons (Fsp3) is 0. The minimum Gasteiger partial charge on any atom is -0.298 e. The lowest BCUT2D eigenvalue weighted by Crippen LogP contribution is -1.89. The van der Waals surface area contributed by atoms with E-state index in [1.165, 1.54) is 0 Å². The summed E-state index contributed by atoms with van der Waals surface area (Å²) in [5, 5.41) is 0. The molecule has 0 aliphatic heterocycles. The Balaban J connectivity index is 3.85. The molecule has 0 radical (unpaired) electrons. The molecule has 38 valence electrons. The Labute approximate surface area is 37.1 Å². The van der Waals surface area contributed by atoms with Gasteiger partial charge in [0.25, 0.3) is 9.74 Å². The van der Waals surface area contributed by atoms with Crippen LogP contribution in [0.2, 0.25) is 0 Å². The molecule has 4 nitrogen and oxygen atoms in total. The van der Waals surface area contributed by atoms with E-state index < -0.39 is 17.7 Å². The zero-order valence-corrected chi connectivity index (χ0v) is 4.57. The van der Waals surface area contributed by atoms with Crippen LogP contribution in [0.25, 0.3) is 0 Å². The lowest BCUT2D eigenvalue weighted by Gasteiger charge is -1.80. The third-order valence-corrected chi connectivity index (χ3v) is 1.34. The van der Waals surface area contributed by atoms with Crippen LogP contribution in [0.1, 0.15) is 0 Å². The minimum atomic E-state index is -3.86. The van der Waals surface area contributed by atoms with Gasteiger partial charge in [-0.1, -0.05) is 0 Å². The van der Waals surface area contributed by atoms with Gasteiger partial charge in [0, 0.05) is 0 Å². The second-order valence-corrected chi connectivity index (χ2v) is 4.03. The van der Waals surface area contributed by atoms with E-state index in [4.69, 9.17) is 4.55 Å². The quantitative estimate of drug-likeness (QED) is 0.364. The van der Waals surface area contributed by atoms with Gasteiger partial charge in [-0.25, -0.2) is 0 Å². The van der Waals surface area contributed by atoms with E-state index in [0.717, 1.165) is 0 Å². The summed E-state index contributed by atoms with van der Waals surface area (Å²) < 4.78 is 26.6. The summed E-state index contributed by atoms with van der Waals surface area (Å²) >= 11 is 0. The molecule has 0 saturated carbocycles. The number of hydrogen-bond acceptors (Lipinski definition) is 3. The smallest absolute Gasteiger partial charge is 0.292 e. The Morgan fingerprint density at radius 2 is 1.83 bits per heavy atom. The van der Waals surface area contributed by atoms with E-state index in [0.29, 0.717) is 0 Å². The highest BCUT2D eigenvalue weighted by molar-refractivity contribution is 8.39. The van der Waals surface area contributed by atoms with Crippen LogP contribution in [-0.2, 0) is 9.74 Å². The van der Waals surface area contributed by atoms with Crippen LogP contribution in [0.4, 0.5) is 0 Å². The molecule has 6 heteroatoms. The van der Waals surface area contributed by atoms with E-state index in [2.05, 4.69) is 5.50 Å². The number of hydrogen-bond donors (Lipinski definition) is 2. The van der Waals surface area contributed by atoms with Crippen molar-refractivity contribution in [1.29, 1.82) is 0 Å². The van der Waals surface area contributed by atoms with Gasteiger partial charge in [-0.15, -0.1) is 0 Å². The van der Waals surface area contributed by atoms with Crippen LogP contribution < -0.4 is 5.50 Å². The van der Waals surface area contributed by atoms with Crippen molar-refractivity contribution in [3.63, 3.8) is 0 Å². The molecule has 1 unspecified atom stereocenters. The Morgan fingerprint density at radius 3 is 1.83 bits per heavy atom. The van der Waals surface area contributed by atoms with Crippen molar-refractivity contribution >= 4 is 17.7 Å². The van der Waals surface area contributed by atoms with Crippen molar-refractivity contribution in [2.24, 2.45) is 5.50 Å². The fourth-order valence-corrected chi connectivity index (χ4v) is 0. The van der Waals surface area contributed by atoms with Gasteiger partial charge in [-0.05, 0) is 0 Å². The predicted molar refractivity (Wildman–Crippen MR) is 24.1 cm³/mol. The average Bonchev–Trinajstić information content (AvgIpc) is 1.35. The first kappa shape index (κ1) is 6.30. The highest BCUT2D eigenvalue weighted by Gasteiger charge is 1.94. The molecular weight excluding hydrogens is 125 g/mol. The molecule has 0 amide bonds. The van der Waals surface area contributed by atoms with Gasteiger partial charge in [-0.2, -0.15) is 8.42 Å². The topological polar surface area (TPSA) is 80.4 Å².